The first-order valence-electron chi connectivity index (χ1n) is 4.92. The topological polar surface area (TPSA) is 63.3 Å². The Morgan fingerprint density at radius 1 is 1.62 bits per heavy atom. The summed E-state index contributed by atoms with van der Waals surface area (Å²) in [6.45, 7) is 1.99. The summed E-state index contributed by atoms with van der Waals surface area (Å²) in [5.74, 6) is -0.768. The molecule has 16 heavy (non-hydrogen) atoms. The Balaban J connectivity index is 2.55. The molecule has 0 radical (unpaired) electrons. The SMILES string of the molecule is CC(CCC(=O)O)Sc1ccc(N)cc1Cl. The molecule has 3 nitrogen and oxygen atoms in total. The standard InChI is InChI=1S/C11H14ClNO2S/c1-7(2-5-11(14)15)16-10-4-3-8(13)6-9(10)12/h3-4,6-7H,2,5,13H2,1H3,(H,14,15). The molecule has 3 N–H and O–H groups in total. The van der Waals surface area contributed by atoms with Crippen molar-refractivity contribution in [2.24, 2.45) is 0 Å². The Labute approximate surface area is 104 Å². The van der Waals surface area contributed by atoms with Gasteiger partial charge in [-0.15, -0.1) is 11.8 Å². The Bertz CT molecular complexity index is 384. The molecule has 1 unspecified atom stereocenters. The van der Waals surface area contributed by atoms with Crippen LogP contribution in [0.15, 0.2) is 23.1 Å². The first kappa shape index (κ1) is 13.2. The highest BCUT2D eigenvalue weighted by Crippen LogP contribution is 2.33. The summed E-state index contributed by atoms with van der Waals surface area (Å²) in [7, 11) is 0. The number of nitrogens with two attached hydrogens (primary N) is 1. The van der Waals surface area contributed by atoms with E-state index in [1.165, 1.54) is 0 Å². The lowest BCUT2D eigenvalue weighted by molar-refractivity contribution is -0.137. The van der Waals surface area contributed by atoms with Gasteiger partial charge in [-0.25, -0.2) is 0 Å². The van der Waals surface area contributed by atoms with E-state index in [2.05, 4.69) is 0 Å². The normalized spacial score (nSPS) is 12.4. The number of anilines is 1. The molecular weight excluding hydrogens is 246 g/mol. The second-order valence-electron chi connectivity index (χ2n) is 3.55. The van der Waals surface area contributed by atoms with Crippen molar-refractivity contribution >= 4 is 35.0 Å². The van der Waals surface area contributed by atoms with Crippen molar-refractivity contribution in [1.82, 2.24) is 0 Å². The predicted octanol–water partition coefficient (Wildman–Crippen LogP) is 3.27. The van der Waals surface area contributed by atoms with Gasteiger partial charge in [0.15, 0.2) is 0 Å². The van der Waals surface area contributed by atoms with Crippen LogP contribution in [0.25, 0.3) is 0 Å². The van der Waals surface area contributed by atoms with Gasteiger partial charge < -0.3 is 10.8 Å². The van der Waals surface area contributed by atoms with Crippen molar-refractivity contribution < 1.29 is 9.90 Å². The molecule has 1 aromatic carbocycles. The fourth-order valence-electron chi connectivity index (χ4n) is 1.22. The minimum Gasteiger partial charge on any atom is -0.481 e. The number of halogens is 1. The van der Waals surface area contributed by atoms with E-state index in [9.17, 15) is 4.79 Å². The van der Waals surface area contributed by atoms with Gasteiger partial charge in [0.05, 0.1) is 5.02 Å². The second-order valence-corrected chi connectivity index (χ2v) is 5.44. The van der Waals surface area contributed by atoms with E-state index in [0.717, 1.165) is 4.90 Å². The Morgan fingerprint density at radius 3 is 2.88 bits per heavy atom. The maximum Gasteiger partial charge on any atom is 0.303 e. The number of carbonyl (C=O) groups is 1. The molecule has 0 aliphatic carbocycles. The molecule has 0 bridgehead atoms. The number of carboxylic acids is 1. The molecule has 0 amide bonds. The van der Waals surface area contributed by atoms with E-state index < -0.39 is 5.97 Å². The van der Waals surface area contributed by atoms with E-state index in [1.807, 2.05) is 13.0 Å². The van der Waals surface area contributed by atoms with E-state index in [0.29, 0.717) is 17.1 Å². The number of aliphatic carboxylic acids is 1. The largest absolute Gasteiger partial charge is 0.481 e. The fraction of sp³-hybridized carbons (Fsp3) is 0.364. The minimum absolute atomic E-state index is 0.181. The second kappa shape index (κ2) is 6.01. The Morgan fingerprint density at radius 2 is 2.31 bits per heavy atom. The van der Waals surface area contributed by atoms with Crippen LogP contribution in [0.1, 0.15) is 19.8 Å². The molecule has 0 aliphatic rings. The highest BCUT2D eigenvalue weighted by molar-refractivity contribution is 8.00. The van der Waals surface area contributed by atoms with Gasteiger partial charge in [0.2, 0.25) is 0 Å². The third kappa shape index (κ3) is 4.33. The summed E-state index contributed by atoms with van der Waals surface area (Å²) in [6, 6.07) is 5.35. The molecule has 0 aromatic heterocycles. The molecule has 0 aliphatic heterocycles. The average Bonchev–Trinajstić information content (AvgIpc) is 2.19. The van der Waals surface area contributed by atoms with Crippen LogP contribution in [0.5, 0.6) is 0 Å². The van der Waals surface area contributed by atoms with Crippen molar-refractivity contribution in [2.75, 3.05) is 5.73 Å². The highest BCUT2D eigenvalue weighted by atomic mass is 35.5. The smallest absolute Gasteiger partial charge is 0.303 e. The van der Waals surface area contributed by atoms with Crippen LogP contribution in [0.3, 0.4) is 0 Å². The van der Waals surface area contributed by atoms with Gasteiger partial charge in [0, 0.05) is 22.3 Å². The number of hydrogen-bond acceptors (Lipinski definition) is 3. The van der Waals surface area contributed by atoms with Gasteiger partial charge in [0.25, 0.3) is 0 Å². The van der Waals surface area contributed by atoms with Gasteiger partial charge in [-0.2, -0.15) is 0 Å². The van der Waals surface area contributed by atoms with E-state index in [4.69, 9.17) is 22.4 Å². The van der Waals surface area contributed by atoms with E-state index in [1.54, 1.807) is 23.9 Å². The molecule has 88 valence electrons. The van der Waals surface area contributed by atoms with Crippen LogP contribution in [0, 0.1) is 0 Å². The number of carboxylic acid groups (broad SMARTS) is 1. The maximum absolute atomic E-state index is 10.4. The molecule has 0 fully saturated rings. The lowest BCUT2D eigenvalue weighted by atomic mass is 10.2. The number of rotatable bonds is 5. The first-order valence-corrected chi connectivity index (χ1v) is 6.18. The Hall–Kier alpha value is -0.870. The highest BCUT2D eigenvalue weighted by Gasteiger charge is 2.09. The van der Waals surface area contributed by atoms with Crippen LogP contribution < -0.4 is 5.73 Å². The number of hydrogen-bond donors (Lipinski definition) is 2. The number of benzene rings is 1. The minimum atomic E-state index is -0.768. The van der Waals surface area contributed by atoms with Gasteiger partial charge in [-0.05, 0) is 24.6 Å². The summed E-state index contributed by atoms with van der Waals surface area (Å²) < 4.78 is 0. The van der Waals surface area contributed by atoms with Crippen molar-refractivity contribution in [1.29, 1.82) is 0 Å². The third-order valence-electron chi connectivity index (χ3n) is 2.05. The Kier molecular flexibility index (Phi) is 4.96. The monoisotopic (exact) mass is 259 g/mol. The maximum atomic E-state index is 10.4. The summed E-state index contributed by atoms with van der Waals surface area (Å²) in [4.78, 5) is 11.4. The van der Waals surface area contributed by atoms with Gasteiger partial charge in [-0.1, -0.05) is 18.5 Å². The van der Waals surface area contributed by atoms with Crippen LogP contribution >= 0.6 is 23.4 Å². The van der Waals surface area contributed by atoms with E-state index in [-0.39, 0.29) is 11.7 Å². The lowest BCUT2D eigenvalue weighted by Gasteiger charge is -2.11. The molecule has 0 saturated carbocycles. The van der Waals surface area contributed by atoms with Crippen molar-refractivity contribution in [3.8, 4) is 0 Å². The zero-order valence-electron chi connectivity index (χ0n) is 8.94. The molecule has 5 heteroatoms. The third-order valence-corrected chi connectivity index (χ3v) is 3.72. The van der Waals surface area contributed by atoms with E-state index >= 15 is 0 Å². The summed E-state index contributed by atoms with van der Waals surface area (Å²) in [5, 5.41) is 9.40. The first-order chi connectivity index (χ1) is 7.49. The van der Waals surface area contributed by atoms with Crippen LogP contribution in [-0.4, -0.2) is 16.3 Å². The summed E-state index contributed by atoms with van der Waals surface area (Å²) in [6.07, 6.45) is 0.807. The van der Waals surface area contributed by atoms with Crippen LogP contribution in [-0.2, 0) is 4.79 Å². The summed E-state index contributed by atoms with van der Waals surface area (Å²) >= 11 is 7.59. The molecule has 0 saturated heterocycles. The zero-order valence-corrected chi connectivity index (χ0v) is 10.5. The summed E-state index contributed by atoms with van der Waals surface area (Å²) in [5.41, 5.74) is 6.22. The van der Waals surface area contributed by atoms with Crippen molar-refractivity contribution in [3.63, 3.8) is 0 Å². The van der Waals surface area contributed by atoms with Gasteiger partial charge >= 0.3 is 5.97 Å². The van der Waals surface area contributed by atoms with Crippen molar-refractivity contribution in [2.45, 2.75) is 29.9 Å². The molecule has 0 heterocycles. The predicted molar refractivity (Wildman–Crippen MR) is 68.1 cm³/mol. The molecule has 0 spiro atoms. The molecule has 1 rings (SSSR count). The number of nitrogen functional groups attached to an aromatic ring is 1. The number of thioether (sulfide) groups is 1. The molecular formula is C11H14ClNO2S. The van der Waals surface area contributed by atoms with Crippen molar-refractivity contribution in [3.05, 3.63) is 23.2 Å². The van der Waals surface area contributed by atoms with Crippen LogP contribution in [0.2, 0.25) is 5.02 Å². The average molecular weight is 260 g/mol. The van der Waals surface area contributed by atoms with Gasteiger partial charge in [0.1, 0.15) is 0 Å². The molecule has 1 atom stereocenters. The quantitative estimate of drug-likeness (QED) is 0.629. The fourth-order valence-corrected chi connectivity index (χ4v) is 2.53. The van der Waals surface area contributed by atoms with Gasteiger partial charge in [-0.3, -0.25) is 4.79 Å². The lowest BCUT2D eigenvalue weighted by Crippen LogP contribution is -2.02. The van der Waals surface area contributed by atoms with Crippen LogP contribution in [0.4, 0.5) is 5.69 Å². The molecule has 1 aromatic rings. The zero-order chi connectivity index (χ0) is 12.1.